The molecule has 0 amide bonds. The summed E-state index contributed by atoms with van der Waals surface area (Å²) < 4.78 is 0. The van der Waals surface area contributed by atoms with Crippen LogP contribution in [0.1, 0.15) is 19.8 Å². The van der Waals surface area contributed by atoms with Crippen molar-refractivity contribution in [2.75, 3.05) is 0 Å². The molecule has 3 heteroatoms. The average molecular weight is 172 g/mol. The molecule has 1 N–H and O–H groups in total. The van der Waals surface area contributed by atoms with E-state index in [1.54, 1.807) is 0 Å². The zero-order valence-corrected chi connectivity index (χ0v) is 7.07. The Morgan fingerprint density at radius 1 is 1.33 bits per heavy atom. The van der Waals surface area contributed by atoms with E-state index in [0.717, 1.165) is 6.04 Å². The van der Waals surface area contributed by atoms with E-state index in [1.165, 1.54) is 12.8 Å². The van der Waals surface area contributed by atoms with Gasteiger partial charge in [-0.1, -0.05) is 19.8 Å². The second kappa shape index (κ2) is 6.52. The zero-order valence-electron chi connectivity index (χ0n) is 6.07. The zero-order chi connectivity index (χ0) is 6.62. The third kappa shape index (κ3) is 12.9. The van der Waals surface area contributed by atoms with Gasteiger partial charge in [0.2, 0.25) is 0 Å². The molecular weight excluding hydrogens is 155 g/mol. The van der Waals surface area contributed by atoms with Crippen molar-refractivity contribution >= 4 is 59.7 Å². The average Bonchev–Trinajstić information content (AvgIpc) is 1.59. The fourth-order valence-corrected chi connectivity index (χ4v) is 1.83. The van der Waals surface area contributed by atoms with Crippen LogP contribution in [0.5, 0.6) is 0 Å². The van der Waals surface area contributed by atoms with Gasteiger partial charge in [0.25, 0.3) is 0 Å². The van der Waals surface area contributed by atoms with Crippen molar-refractivity contribution in [3.63, 3.8) is 0 Å². The second-order valence-corrected chi connectivity index (χ2v) is 7.04. The summed E-state index contributed by atoms with van der Waals surface area (Å²) in [5.41, 5.74) is 0. The van der Waals surface area contributed by atoms with Crippen LogP contribution in [0.2, 0.25) is 19.1 Å². The van der Waals surface area contributed by atoms with Gasteiger partial charge in [-0.05, 0) is 19.1 Å². The van der Waals surface area contributed by atoms with Gasteiger partial charge in [0.05, 0.1) is 0 Å². The molecule has 0 saturated carbocycles. The van der Waals surface area contributed by atoms with Gasteiger partial charge in [-0.25, -0.2) is 0 Å². The maximum atomic E-state index is 9.29. The van der Waals surface area contributed by atoms with Crippen LogP contribution >= 0.6 is 0 Å². The standard InChI is InChI=1S/C6H16OSi.K.H/c1-4-5-6-8(2,3)7;;/h7H,4-6H2,1-3H3;;. The molecule has 52 valence electrons. The summed E-state index contributed by atoms with van der Waals surface area (Å²) >= 11 is 0. The molecule has 0 fully saturated rings. The molecule has 1 nitrogen and oxygen atoms in total. The first-order valence-corrected chi connectivity index (χ1v) is 6.44. The van der Waals surface area contributed by atoms with Gasteiger partial charge in [-0.15, -0.1) is 0 Å². The number of hydrogen-bond donors (Lipinski definition) is 1. The Balaban J connectivity index is 0. The van der Waals surface area contributed by atoms with Gasteiger partial charge in [0.1, 0.15) is 0 Å². The molecule has 0 radical (unpaired) electrons. The number of unbranched alkanes of at least 4 members (excludes halogenated alkanes) is 1. The first-order valence-electron chi connectivity index (χ1n) is 3.28. The quantitative estimate of drug-likeness (QED) is 0.637. The predicted octanol–water partition coefficient (Wildman–Crippen LogP) is 1.34. The van der Waals surface area contributed by atoms with Crippen molar-refractivity contribution in [3.05, 3.63) is 0 Å². The second-order valence-electron chi connectivity index (χ2n) is 2.92. The molecule has 0 aromatic carbocycles. The van der Waals surface area contributed by atoms with Gasteiger partial charge in [0, 0.05) is 0 Å². The van der Waals surface area contributed by atoms with Gasteiger partial charge in [-0.2, -0.15) is 0 Å². The number of hydrogen-bond acceptors (Lipinski definition) is 1. The molecular formula is C6H17KOSi. The van der Waals surface area contributed by atoms with Crippen LogP contribution in [0.25, 0.3) is 0 Å². The van der Waals surface area contributed by atoms with Crippen LogP contribution in [0.15, 0.2) is 0 Å². The molecule has 0 atom stereocenters. The summed E-state index contributed by atoms with van der Waals surface area (Å²) in [4.78, 5) is 9.29. The van der Waals surface area contributed by atoms with Crippen LogP contribution in [0.3, 0.4) is 0 Å². The Kier molecular flexibility index (Phi) is 9.71. The van der Waals surface area contributed by atoms with E-state index < -0.39 is 8.32 Å². The molecule has 9 heavy (non-hydrogen) atoms. The molecule has 0 rings (SSSR count). The van der Waals surface area contributed by atoms with Crippen molar-refractivity contribution in [1.29, 1.82) is 0 Å². The van der Waals surface area contributed by atoms with Crippen molar-refractivity contribution in [2.45, 2.75) is 38.9 Å². The summed E-state index contributed by atoms with van der Waals surface area (Å²) in [6, 6.07) is 1.06. The maximum absolute atomic E-state index is 9.29. The van der Waals surface area contributed by atoms with E-state index in [9.17, 15) is 4.80 Å². The molecule has 0 aromatic rings. The summed E-state index contributed by atoms with van der Waals surface area (Å²) in [6.07, 6.45) is 2.40. The first-order chi connectivity index (χ1) is 3.56. The molecule has 0 saturated heterocycles. The van der Waals surface area contributed by atoms with Gasteiger partial charge < -0.3 is 4.80 Å². The normalized spacial score (nSPS) is 10.7. The molecule has 0 aliphatic rings. The Morgan fingerprint density at radius 3 is 1.89 bits per heavy atom. The third-order valence-corrected chi connectivity index (χ3v) is 2.72. The van der Waals surface area contributed by atoms with Crippen LogP contribution in [0, 0.1) is 0 Å². The van der Waals surface area contributed by atoms with E-state index in [-0.39, 0.29) is 51.4 Å². The van der Waals surface area contributed by atoms with Crippen LogP contribution in [-0.2, 0) is 0 Å². The molecule has 0 aliphatic heterocycles. The van der Waals surface area contributed by atoms with Crippen LogP contribution in [0.4, 0.5) is 0 Å². The Morgan fingerprint density at radius 2 is 1.78 bits per heavy atom. The SMILES string of the molecule is CCCC[Si](C)(C)O.[KH]. The summed E-state index contributed by atoms with van der Waals surface area (Å²) in [5, 5.41) is 0. The molecule has 0 aliphatic carbocycles. The Labute approximate surface area is 102 Å². The number of rotatable bonds is 3. The van der Waals surface area contributed by atoms with Crippen molar-refractivity contribution < 1.29 is 4.80 Å². The molecule has 0 bridgehead atoms. The van der Waals surface area contributed by atoms with E-state index in [1.807, 2.05) is 13.1 Å². The van der Waals surface area contributed by atoms with E-state index in [2.05, 4.69) is 6.92 Å². The predicted molar refractivity (Wildman–Crippen MR) is 46.6 cm³/mol. The summed E-state index contributed by atoms with van der Waals surface area (Å²) in [5.74, 6) is 0. The molecule has 0 aromatic heterocycles. The van der Waals surface area contributed by atoms with E-state index in [0.29, 0.717) is 0 Å². The Hall–Kier alpha value is 1.81. The van der Waals surface area contributed by atoms with Crippen molar-refractivity contribution in [2.24, 2.45) is 0 Å². The third-order valence-electron chi connectivity index (χ3n) is 1.14. The van der Waals surface area contributed by atoms with Gasteiger partial charge in [0.15, 0.2) is 8.32 Å². The van der Waals surface area contributed by atoms with Crippen molar-refractivity contribution in [1.82, 2.24) is 0 Å². The van der Waals surface area contributed by atoms with E-state index >= 15 is 0 Å². The molecule has 0 spiro atoms. The van der Waals surface area contributed by atoms with Crippen molar-refractivity contribution in [3.8, 4) is 0 Å². The first kappa shape index (κ1) is 13.4. The summed E-state index contributed by atoms with van der Waals surface area (Å²) in [7, 11) is -1.68. The van der Waals surface area contributed by atoms with E-state index in [4.69, 9.17) is 0 Å². The summed E-state index contributed by atoms with van der Waals surface area (Å²) in [6.45, 7) is 6.13. The van der Waals surface area contributed by atoms with Gasteiger partial charge in [-0.3, -0.25) is 0 Å². The molecule has 0 unspecified atom stereocenters. The minimum absolute atomic E-state index is 0. The fraction of sp³-hybridized carbons (Fsp3) is 1.00. The minimum atomic E-state index is -1.68. The van der Waals surface area contributed by atoms with Gasteiger partial charge >= 0.3 is 51.4 Å². The van der Waals surface area contributed by atoms with Crippen LogP contribution < -0.4 is 0 Å². The monoisotopic (exact) mass is 172 g/mol. The fourth-order valence-electron chi connectivity index (χ4n) is 0.609. The molecule has 0 heterocycles. The van der Waals surface area contributed by atoms with Crippen LogP contribution in [-0.4, -0.2) is 64.5 Å². The Bertz CT molecular complexity index is 60.6. The topological polar surface area (TPSA) is 20.2 Å².